The SMILES string of the molecule is CC(C)CC(C)CCCCC(C)C(C)C(C)C(C)C(C)C(C)C(C)C(C)C(C)C(C)C(C)C. The highest BCUT2D eigenvalue weighted by Gasteiger charge is 2.34. The van der Waals surface area contributed by atoms with E-state index in [-0.39, 0.29) is 0 Å². The number of rotatable bonds is 17. The van der Waals surface area contributed by atoms with E-state index in [1.807, 2.05) is 0 Å². The Morgan fingerprint density at radius 3 is 1.06 bits per heavy atom. The molecule has 0 spiro atoms. The van der Waals surface area contributed by atoms with E-state index in [1.165, 1.54) is 32.1 Å². The van der Waals surface area contributed by atoms with Crippen LogP contribution in [0.15, 0.2) is 0 Å². The van der Waals surface area contributed by atoms with Crippen LogP contribution in [0.4, 0.5) is 0 Å². The second-order valence-electron chi connectivity index (χ2n) is 14.0. The first-order chi connectivity index (χ1) is 15.1. The minimum absolute atomic E-state index is 0.780. The zero-order valence-electron chi connectivity index (χ0n) is 26.0. The van der Waals surface area contributed by atoms with Crippen LogP contribution in [0.2, 0.25) is 0 Å². The predicted molar refractivity (Wildman–Crippen MR) is 154 cm³/mol. The molecule has 200 valence electrons. The second kappa shape index (κ2) is 15.9. The first-order valence-electron chi connectivity index (χ1n) is 15.1. The molecule has 0 saturated heterocycles. The van der Waals surface area contributed by atoms with Crippen molar-refractivity contribution in [2.75, 3.05) is 0 Å². The third-order valence-electron chi connectivity index (χ3n) is 11.1. The molecule has 0 heterocycles. The Hall–Kier alpha value is 0. The van der Waals surface area contributed by atoms with Crippen molar-refractivity contribution in [3.63, 3.8) is 0 Å². The van der Waals surface area contributed by atoms with Crippen molar-refractivity contribution < 1.29 is 0 Å². The zero-order valence-corrected chi connectivity index (χ0v) is 26.0. The van der Waals surface area contributed by atoms with E-state index in [4.69, 9.17) is 0 Å². The van der Waals surface area contributed by atoms with Gasteiger partial charge in [0.25, 0.3) is 0 Å². The van der Waals surface area contributed by atoms with E-state index in [1.54, 1.807) is 0 Å². The van der Waals surface area contributed by atoms with Gasteiger partial charge in [0.2, 0.25) is 0 Å². The fraction of sp³-hybridized carbons (Fsp3) is 1.00. The minimum atomic E-state index is 0.780. The molecular weight excluding hydrogens is 396 g/mol. The molecule has 0 amide bonds. The topological polar surface area (TPSA) is 0 Å². The van der Waals surface area contributed by atoms with Crippen molar-refractivity contribution in [3.8, 4) is 0 Å². The van der Waals surface area contributed by atoms with Crippen molar-refractivity contribution in [3.05, 3.63) is 0 Å². The van der Waals surface area contributed by atoms with Crippen LogP contribution in [0.3, 0.4) is 0 Å². The van der Waals surface area contributed by atoms with Crippen LogP contribution in [0.1, 0.15) is 136 Å². The van der Waals surface area contributed by atoms with E-state index >= 15 is 0 Å². The lowest BCUT2D eigenvalue weighted by Gasteiger charge is -2.41. The van der Waals surface area contributed by atoms with Crippen LogP contribution in [-0.2, 0) is 0 Å². The van der Waals surface area contributed by atoms with Gasteiger partial charge in [-0.3, -0.25) is 0 Å². The average molecular weight is 465 g/mol. The maximum absolute atomic E-state index is 2.56. The molecule has 0 aromatic rings. The molecule has 0 N–H and O–H groups in total. The molecule has 33 heavy (non-hydrogen) atoms. The van der Waals surface area contributed by atoms with E-state index in [2.05, 4.69) is 104 Å². The van der Waals surface area contributed by atoms with Crippen LogP contribution < -0.4 is 0 Å². The molecule has 0 nitrogen and oxygen atoms in total. The van der Waals surface area contributed by atoms with Crippen molar-refractivity contribution >= 4 is 0 Å². The lowest BCUT2D eigenvalue weighted by Crippen LogP contribution is -2.35. The highest BCUT2D eigenvalue weighted by atomic mass is 14.4. The Morgan fingerprint density at radius 1 is 0.364 bits per heavy atom. The Kier molecular flexibility index (Phi) is 15.9. The monoisotopic (exact) mass is 465 g/mol. The van der Waals surface area contributed by atoms with Gasteiger partial charge in [0, 0.05) is 0 Å². The molecule has 0 aromatic heterocycles. The summed E-state index contributed by atoms with van der Waals surface area (Å²) in [5.41, 5.74) is 0. The molecule has 0 fully saturated rings. The van der Waals surface area contributed by atoms with Gasteiger partial charge in [-0.05, 0) is 83.4 Å². The van der Waals surface area contributed by atoms with E-state index in [0.717, 1.165) is 76.9 Å². The summed E-state index contributed by atoms with van der Waals surface area (Å²) in [4.78, 5) is 0. The van der Waals surface area contributed by atoms with Crippen LogP contribution in [0.5, 0.6) is 0 Å². The van der Waals surface area contributed by atoms with Gasteiger partial charge in [0.15, 0.2) is 0 Å². The van der Waals surface area contributed by atoms with Crippen molar-refractivity contribution in [1.29, 1.82) is 0 Å². The molecule has 0 heteroatoms. The van der Waals surface area contributed by atoms with Gasteiger partial charge in [-0.15, -0.1) is 0 Å². The third-order valence-corrected chi connectivity index (χ3v) is 11.1. The van der Waals surface area contributed by atoms with Crippen LogP contribution in [0, 0.1) is 76.9 Å². The Bertz CT molecular complexity index is 476. The summed E-state index contributed by atoms with van der Waals surface area (Å²) < 4.78 is 0. The maximum atomic E-state index is 2.56. The Morgan fingerprint density at radius 2 is 0.697 bits per heavy atom. The summed E-state index contributed by atoms with van der Waals surface area (Å²) in [6.45, 7) is 37.3. The third kappa shape index (κ3) is 11.1. The molecule has 0 rings (SSSR count). The lowest BCUT2D eigenvalue weighted by atomic mass is 9.64. The lowest BCUT2D eigenvalue weighted by molar-refractivity contribution is 0.0749. The van der Waals surface area contributed by atoms with E-state index in [0.29, 0.717) is 0 Å². The predicted octanol–water partition coefficient (Wildman–Crippen LogP) is 11.2. The molecule has 0 radical (unpaired) electrons. The van der Waals surface area contributed by atoms with E-state index < -0.39 is 0 Å². The molecule has 0 saturated carbocycles. The summed E-state index contributed by atoms with van der Waals surface area (Å²) in [5.74, 6) is 10.5. The largest absolute Gasteiger partial charge is 0.0628 e. The Balaban J connectivity index is 4.75. The van der Waals surface area contributed by atoms with Gasteiger partial charge in [-0.2, -0.15) is 0 Å². The van der Waals surface area contributed by atoms with Crippen molar-refractivity contribution in [2.24, 2.45) is 76.9 Å². The van der Waals surface area contributed by atoms with Gasteiger partial charge in [-0.1, -0.05) is 130 Å². The van der Waals surface area contributed by atoms with Crippen molar-refractivity contribution in [2.45, 2.75) is 136 Å². The normalized spacial score (nSPS) is 22.8. The molecular formula is C33H68. The first kappa shape index (κ1) is 33.0. The van der Waals surface area contributed by atoms with Crippen molar-refractivity contribution in [1.82, 2.24) is 0 Å². The summed E-state index contributed by atoms with van der Waals surface area (Å²) in [6, 6.07) is 0. The van der Waals surface area contributed by atoms with Gasteiger partial charge in [0.1, 0.15) is 0 Å². The molecule has 0 aliphatic carbocycles. The standard InChI is InChI=1S/C33H68/c1-21(2)20-23(5)18-16-17-19-24(6)26(8)28(10)30(12)32(14)33(15)31(13)29(11)27(9)25(7)22(3)4/h21-33H,16-20H2,1-15H3. The highest BCUT2D eigenvalue weighted by molar-refractivity contribution is 4.83. The maximum Gasteiger partial charge on any atom is -0.0386 e. The molecule has 11 unspecified atom stereocenters. The molecule has 11 atom stereocenters. The summed E-state index contributed by atoms with van der Waals surface area (Å²) in [5, 5.41) is 0. The van der Waals surface area contributed by atoms with Gasteiger partial charge in [-0.25, -0.2) is 0 Å². The molecule has 0 aromatic carbocycles. The summed E-state index contributed by atoms with van der Waals surface area (Å²) in [6.07, 6.45) is 7.06. The number of unbranched alkanes of at least 4 members (excludes halogenated alkanes) is 1. The number of hydrogen-bond donors (Lipinski definition) is 0. The van der Waals surface area contributed by atoms with Gasteiger partial charge < -0.3 is 0 Å². The first-order valence-corrected chi connectivity index (χ1v) is 15.1. The second-order valence-corrected chi connectivity index (χ2v) is 14.0. The fourth-order valence-corrected chi connectivity index (χ4v) is 6.62. The fourth-order valence-electron chi connectivity index (χ4n) is 6.62. The quantitative estimate of drug-likeness (QED) is 0.188. The summed E-state index contributed by atoms with van der Waals surface area (Å²) in [7, 11) is 0. The van der Waals surface area contributed by atoms with Crippen LogP contribution in [0.25, 0.3) is 0 Å². The molecule has 0 bridgehead atoms. The van der Waals surface area contributed by atoms with Crippen LogP contribution >= 0.6 is 0 Å². The van der Waals surface area contributed by atoms with Gasteiger partial charge >= 0.3 is 0 Å². The van der Waals surface area contributed by atoms with Gasteiger partial charge in [0.05, 0.1) is 0 Å². The van der Waals surface area contributed by atoms with Crippen LogP contribution in [-0.4, -0.2) is 0 Å². The highest BCUT2D eigenvalue weighted by Crippen LogP contribution is 2.41. The van der Waals surface area contributed by atoms with E-state index in [9.17, 15) is 0 Å². The summed E-state index contributed by atoms with van der Waals surface area (Å²) >= 11 is 0. The molecule has 0 aliphatic rings. The Labute approximate surface area is 212 Å². The zero-order chi connectivity index (χ0) is 26.0. The average Bonchev–Trinajstić information content (AvgIpc) is 2.76. The number of hydrogen-bond acceptors (Lipinski definition) is 0. The minimum Gasteiger partial charge on any atom is -0.0628 e. The smallest absolute Gasteiger partial charge is 0.0386 e. The molecule has 0 aliphatic heterocycles.